The van der Waals surface area contributed by atoms with E-state index in [1.54, 1.807) is 25.4 Å². The lowest BCUT2D eigenvalue weighted by Crippen LogP contribution is -2.37. The first-order chi connectivity index (χ1) is 16.6. The summed E-state index contributed by atoms with van der Waals surface area (Å²) in [5.74, 6) is 0.636. The summed E-state index contributed by atoms with van der Waals surface area (Å²) in [7, 11) is 1.62. The Labute approximate surface area is 197 Å². The number of methoxy groups -OCH3 is 1. The Kier molecular flexibility index (Phi) is 5.95. The van der Waals surface area contributed by atoms with Crippen molar-refractivity contribution in [2.45, 2.75) is 25.9 Å². The van der Waals surface area contributed by atoms with E-state index in [2.05, 4.69) is 20.5 Å². The van der Waals surface area contributed by atoms with Gasteiger partial charge in [-0.05, 0) is 52.9 Å². The molecule has 172 valence electrons. The molecule has 1 aliphatic rings. The van der Waals surface area contributed by atoms with E-state index in [1.165, 1.54) is 5.56 Å². The zero-order valence-corrected chi connectivity index (χ0v) is 18.9. The topological polar surface area (TPSA) is 100 Å². The van der Waals surface area contributed by atoms with E-state index < -0.39 is 0 Å². The Hall–Kier alpha value is -4.20. The number of ether oxygens (including phenoxy) is 1. The van der Waals surface area contributed by atoms with Gasteiger partial charge in [0.05, 0.1) is 19.7 Å². The molecule has 0 spiro atoms. The van der Waals surface area contributed by atoms with E-state index in [4.69, 9.17) is 4.74 Å². The summed E-state index contributed by atoms with van der Waals surface area (Å²) >= 11 is 0. The number of fused-ring (bicyclic) bond motifs is 3. The lowest BCUT2D eigenvalue weighted by molar-refractivity contribution is -0.131. The van der Waals surface area contributed by atoms with Gasteiger partial charge in [0.15, 0.2) is 5.65 Å². The first-order valence-electron chi connectivity index (χ1n) is 11.2. The van der Waals surface area contributed by atoms with Gasteiger partial charge in [0.25, 0.3) is 5.91 Å². The third-order valence-corrected chi connectivity index (χ3v) is 6.18. The van der Waals surface area contributed by atoms with Crippen molar-refractivity contribution < 1.29 is 14.3 Å². The van der Waals surface area contributed by atoms with E-state index >= 15 is 0 Å². The minimum Gasteiger partial charge on any atom is -0.497 e. The number of nitrogens with one attached hydrogen (secondary N) is 2. The minimum absolute atomic E-state index is 0.0359. The van der Waals surface area contributed by atoms with E-state index in [1.807, 2.05) is 47.5 Å². The van der Waals surface area contributed by atoms with Gasteiger partial charge in [-0.15, -0.1) is 0 Å². The number of benzene rings is 2. The van der Waals surface area contributed by atoms with Gasteiger partial charge in [-0.1, -0.05) is 24.3 Å². The van der Waals surface area contributed by atoms with Crippen molar-refractivity contribution in [3.63, 3.8) is 0 Å². The Morgan fingerprint density at radius 2 is 1.97 bits per heavy atom. The molecule has 0 bridgehead atoms. The van der Waals surface area contributed by atoms with Crippen LogP contribution in [-0.2, 0) is 30.7 Å². The first kappa shape index (κ1) is 21.6. The molecule has 8 heteroatoms. The fourth-order valence-corrected chi connectivity index (χ4v) is 4.30. The first-order valence-corrected chi connectivity index (χ1v) is 11.2. The number of aromatic nitrogens is 3. The smallest absolute Gasteiger partial charge is 0.251 e. The summed E-state index contributed by atoms with van der Waals surface area (Å²) in [6, 6.07) is 14.8. The molecule has 34 heavy (non-hydrogen) atoms. The minimum atomic E-state index is -0.174. The Morgan fingerprint density at radius 1 is 1.12 bits per heavy atom. The number of hydrogen-bond donors (Lipinski definition) is 2. The van der Waals surface area contributed by atoms with Gasteiger partial charge >= 0.3 is 0 Å². The average molecular weight is 456 g/mol. The number of pyridine rings is 1. The van der Waals surface area contributed by atoms with Crippen LogP contribution in [0.15, 0.2) is 60.9 Å². The van der Waals surface area contributed by atoms with E-state index in [-0.39, 0.29) is 18.2 Å². The van der Waals surface area contributed by atoms with Crippen LogP contribution < -0.4 is 10.1 Å². The summed E-state index contributed by atoms with van der Waals surface area (Å²) < 4.78 is 5.16. The molecule has 8 nitrogen and oxygen atoms in total. The predicted octanol–water partition coefficient (Wildman–Crippen LogP) is 3.02. The second-order valence-corrected chi connectivity index (χ2v) is 8.37. The van der Waals surface area contributed by atoms with Gasteiger partial charge in [0.2, 0.25) is 5.91 Å². The molecule has 2 aromatic heterocycles. The second kappa shape index (κ2) is 9.35. The van der Waals surface area contributed by atoms with Crippen molar-refractivity contribution in [1.82, 2.24) is 25.4 Å². The van der Waals surface area contributed by atoms with E-state index in [0.717, 1.165) is 39.9 Å². The van der Waals surface area contributed by atoms with Crippen molar-refractivity contribution in [3.8, 4) is 5.75 Å². The van der Waals surface area contributed by atoms with E-state index in [9.17, 15) is 9.59 Å². The molecule has 2 aromatic carbocycles. The van der Waals surface area contributed by atoms with Crippen molar-refractivity contribution in [1.29, 1.82) is 0 Å². The second-order valence-electron chi connectivity index (χ2n) is 8.37. The molecular weight excluding hydrogens is 430 g/mol. The molecule has 1 aliphatic heterocycles. The molecule has 3 heterocycles. The average Bonchev–Trinajstić information content (AvgIpc) is 3.37. The molecular formula is C26H25N5O3. The number of H-pyrrole nitrogens is 1. The largest absolute Gasteiger partial charge is 0.497 e. The van der Waals surface area contributed by atoms with E-state index in [0.29, 0.717) is 25.2 Å². The number of amides is 2. The van der Waals surface area contributed by atoms with Gasteiger partial charge in [0, 0.05) is 36.8 Å². The predicted molar refractivity (Wildman–Crippen MR) is 127 cm³/mol. The molecule has 0 fully saturated rings. The monoisotopic (exact) mass is 455 g/mol. The van der Waals surface area contributed by atoms with Gasteiger partial charge in [0.1, 0.15) is 5.75 Å². The molecule has 4 aromatic rings. The van der Waals surface area contributed by atoms with Gasteiger partial charge < -0.3 is 15.0 Å². The highest BCUT2D eigenvalue weighted by atomic mass is 16.5. The number of aromatic amines is 1. The Bertz CT molecular complexity index is 1350. The highest BCUT2D eigenvalue weighted by Crippen LogP contribution is 2.25. The maximum absolute atomic E-state index is 13.0. The quantitative estimate of drug-likeness (QED) is 0.466. The third kappa shape index (κ3) is 4.47. The number of rotatable bonds is 6. The highest BCUT2D eigenvalue weighted by molar-refractivity contribution is 5.94. The lowest BCUT2D eigenvalue weighted by Gasteiger charge is -2.29. The summed E-state index contributed by atoms with van der Waals surface area (Å²) in [6.45, 7) is 1.60. The maximum atomic E-state index is 13.0. The van der Waals surface area contributed by atoms with Crippen LogP contribution in [-0.4, -0.2) is 45.6 Å². The van der Waals surface area contributed by atoms with Crippen LogP contribution in [0.3, 0.4) is 0 Å². The van der Waals surface area contributed by atoms with Crippen LogP contribution in [0.25, 0.3) is 11.0 Å². The Balaban J connectivity index is 1.21. The molecule has 0 atom stereocenters. The fourth-order valence-electron chi connectivity index (χ4n) is 4.30. The normalized spacial score (nSPS) is 12.9. The number of hydrogen-bond acceptors (Lipinski definition) is 5. The molecule has 0 radical (unpaired) electrons. The zero-order valence-electron chi connectivity index (χ0n) is 18.9. The van der Waals surface area contributed by atoms with Crippen LogP contribution in [0.1, 0.15) is 32.6 Å². The molecule has 0 unspecified atom stereocenters. The number of nitrogens with zero attached hydrogens (tertiary/aromatic N) is 3. The van der Waals surface area contributed by atoms with Crippen molar-refractivity contribution in [2.24, 2.45) is 0 Å². The third-order valence-electron chi connectivity index (χ3n) is 6.18. The van der Waals surface area contributed by atoms with Crippen molar-refractivity contribution in [2.75, 3.05) is 13.7 Å². The molecule has 0 aliphatic carbocycles. The molecule has 2 amide bonds. The van der Waals surface area contributed by atoms with Crippen molar-refractivity contribution in [3.05, 3.63) is 88.7 Å². The van der Waals surface area contributed by atoms with Gasteiger partial charge in [-0.25, -0.2) is 4.98 Å². The van der Waals surface area contributed by atoms with Crippen LogP contribution in [0.5, 0.6) is 5.75 Å². The van der Waals surface area contributed by atoms with Crippen LogP contribution in [0, 0.1) is 0 Å². The summed E-state index contributed by atoms with van der Waals surface area (Å²) in [5, 5.41) is 10.9. The summed E-state index contributed by atoms with van der Waals surface area (Å²) in [6.07, 6.45) is 4.64. The van der Waals surface area contributed by atoms with Gasteiger partial charge in [-0.2, -0.15) is 5.10 Å². The maximum Gasteiger partial charge on any atom is 0.251 e. The number of carbonyl (C=O) groups excluding carboxylic acids is 2. The van der Waals surface area contributed by atoms with Crippen LogP contribution >= 0.6 is 0 Å². The summed E-state index contributed by atoms with van der Waals surface area (Å²) in [4.78, 5) is 31.9. The van der Waals surface area contributed by atoms with Crippen LogP contribution in [0.2, 0.25) is 0 Å². The highest BCUT2D eigenvalue weighted by Gasteiger charge is 2.23. The van der Waals surface area contributed by atoms with Crippen LogP contribution in [0.4, 0.5) is 0 Å². The van der Waals surface area contributed by atoms with Crippen molar-refractivity contribution >= 4 is 22.8 Å². The van der Waals surface area contributed by atoms with Gasteiger partial charge in [-0.3, -0.25) is 14.7 Å². The molecule has 5 rings (SSSR count). The molecule has 0 saturated carbocycles. The summed E-state index contributed by atoms with van der Waals surface area (Å²) in [5.41, 5.74) is 5.37. The Morgan fingerprint density at radius 3 is 2.79 bits per heavy atom. The molecule has 0 saturated heterocycles. The lowest BCUT2D eigenvalue weighted by atomic mass is 9.98. The number of carbonyl (C=O) groups is 2. The fraction of sp³-hybridized carbons (Fsp3) is 0.231. The standard InChI is InChI=1S/C26H25N5O3/c1-34-21-7-5-17(6-8-21)13-28-26(33)19-4-2-3-18(11-19)12-24(32)31-10-9-22-20(16-31)14-27-25-23(22)15-29-30-25/h2-8,11,14-15H,9-10,12-13,16H2,1H3,(H,28,33)(H,27,29,30). The SMILES string of the molecule is COc1ccc(CNC(=O)c2cccc(CC(=O)N3CCc4c(cnc5[nH]ncc45)C3)c2)cc1. The molecule has 2 N–H and O–H groups in total. The zero-order chi connectivity index (χ0) is 23.5.